The molecule has 0 aliphatic rings. The molecule has 0 aromatic heterocycles. The predicted octanol–water partition coefficient (Wildman–Crippen LogP) is 6.31. The molecule has 0 spiro atoms. The molecule has 2 rings (SSSR count). The number of rotatable bonds is 6. The summed E-state index contributed by atoms with van der Waals surface area (Å²) < 4.78 is 1.09. The van der Waals surface area contributed by atoms with E-state index in [4.69, 9.17) is 11.6 Å². The Labute approximate surface area is 144 Å². The van der Waals surface area contributed by atoms with Gasteiger partial charge < -0.3 is 5.32 Å². The van der Waals surface area contributed by atoms with E-state index in [9.17, 15) is 0 Å². The van der Waals surface area contributed by atoms with Crippen LogP contribution in [0.5, 0.6) is 0 Å². The van der Waals surface area contributed by atoms with Crippen LogP contribution in [0.1, 0.15) is 31.9 Å². The third-order valence-corrected chi connectivity index (χ3v) is 5.28. The lowest BCUT2D eigenvalue weighted by Gasteiger charge is -2.18. The zero-order valence-electron chi connectivity index (χ0n) is 12.2. The van der Waals surface area contributed by atoms with Crippen LogP contribution in [-0.4, -0.2) is 6.54 Å². The van der Waals surface area contributed by atoms with Crippen molar-refractivity contribution in [3.8, 4) is 0 Å². The first-order valence-electron chi connectivity index (χ1n) is 7.07. The van der Waals surface area contributed by atoms with Gasteiger partial charge in [0.1, 0.15) is 0 Å². The fraction of sp³-hybridized carbons (Fsp3) is 0.294. The molecule has 0 radical (unpaired) electrons. The summed E-state index contributed by atoms with van der Waals surface area (Å²) in [7, 11) is 0. The SMILES string of the molecule is CCCNC(C)c1ccc(Br)cc1Sc1ccccc1Cl. The molecule has 2 aromatic carbocycles. The molecule has 0 bridgehead atoms. The van der Waals surface area contributed by atoms with Crippen LogP contribution < -0.4 is 5.32 Å². The third-order valence-electron chi connectivity index (χ3n) is 3.20. The summed E-state index contributed by atoms with van der Waals surface area (Å²) in [6.45, 7) is 5.41. The molecular formula is C17H19BrClNS. The van der Waals surface area contributed by atoms with Crippen LogP contribution in [0.15, 0.2) is 56.7 Å². The van der Waals surface area contributed by atoms with Crippen molar-refractivity contribution in [1.82, 2.24) is 5.32 Å². The Hall–Kier alpha value is -0.480. The van der Waals surface area contributed by atoms with E-state index in [1.807, 2.05) is 18.2 Å². The van der Waals surface area contributed by atoms with Gasteiger partial charge in [0.05, 0.1) is 5.02 Å². The molecular weight excluding hydrogens is 366 g/mol. The Kier molecular flexibility index (Phi) is 6.62. The van der Waals surface area contributed by atoms with Crippen molar-refractivity contribution in [3.63, 3.8) is 0 Å². The minimum Gasteiger partial charge on any atom is -0.310 e. The van der Waals surface area contributed by atoms with Crippen molar-refractivity contribution >= 4 is 39.3 Å². The summed E-state index contributed by atoms with van der Waals surface area (Å²) in [5.41, 5.74) is 1.30. The van der Waals surface area contributed by atoms with E-state index < -0.39 is 0 Å². The standard InChI is InChI=1S/C17H19BrClNS/c1-3-10-20-12(2)14-9-8-13(18)11-17(14)21-16-7-5-4-6-15(16)19/h4-9,11-12,20H,3,10H2,1-2H3. The van der Waals surface area contributed by atoms with Gasteiger partial charge in [0.25, 0.3) is 0 Å². The second-order valence-electron chi connectivity index (χ2n) is 4.89. The lowest BCUT2D eigenvalue weighted by Crippen LogP contribution is -2.19. The topological polar surface area (TPSA) is 12.0 Å². The molecule has 0 amide bonds. The van der Waals surface area contributed by atoms with Gasteiger partial charge in [-0.3, -0.25) is 0 Å². The third kappa shape index (κ3) is 4.75. The molecule has 1 atom stereocenters. The minimum atomic E-state index is 0.322. The highest BCUT2D eigenvalue weighted by molar-refractivity contribution is 9.10. The van der Waals surface area contributed by atoms with Gasteiger partial charge in [-0.15, -0.1) is 0 Å². The monoisotopic (exact) mass is 383 g/mol. The van der Waals surface area contributed by atoms with E-state index in [2.05, 4.69) is 59.4 Å². The Morgan fingerprint density at radius 3 is 2.67 bits per heavy atom. The van der Waals surface area contributed by atoms with Gasteiger partial charge in [-0.25, -0.2) is 0 Å². The van der Waals surface area contributed by atoms with Crippen LogP contribution in [-0.2, 0) is 0 Å². The fourth-order valence-electron chi connectivity index (χ4n) is 2.07. The first kappa shape index (κ1) is 16.9. The number of nitrogens with one attached hydrogen (secondary N) is 1. The molecule has 1 nitrogen and oxygen atoms in total. The first-order chi connectivity index (χ1) is 10.1. The fourth-order valence-corrected chi connectivity index (χ4v) is 3.93. The number of hydrogen-bond acceptors (Lipinski definition) is 2. The van der Waals surface area contributed by atoms with Gasteiger partial charge in [0.2, 0.25) is 0 Å². The van der Waals surface area contributed by atoms with Crippen LogP contribution >= 0.6 is 39.3 Å². The Bertz CT molecular complexity index is 603. The van der Waals surface area contributed by atoms with Crippen LogP contribution in [0.4, 0.5) is 0 Å². The van der Waals surface area contributed by atoms with Gasteiger partial charge in [0.15, 0.2) is 0 Å². The maximum absolute atomic E-state index is 6.28. The molecule has 1 N–H and O–H groups in total. The van der Waals surface area contributed by atoms with Crippen LogP contribution in [0.3, 0.4) is 0 Å². The summed E-state index contributed by atoms with van der Waals surface area (Å²) in [4.78, 5) is 2.31. The van der Waals surface area contributed by atoms with E-state index in [1.165, 1.54) is 10.5 Å². The molecule has 0 heterocycles. The Balaban J connectivity index is 2.29. The molecule has 21 heavy (non-hydrogen) atoms. The molecule has 0 aliphatic heterocycles. The van der Waals surface area contributed by atoms with Gasteiger partial charge in [0, 0.05) is 20.3 Å². The first-order valence-corrected chi connectivity index (χ1v) is 9.05. The van der Waals surface area contributed by atoms with Crippen LogP contribution in [0.2, 0.25) is 5.02 Å². The number of benzene rings is 2. The summed E-state index contributed by atoms with van der Waals surface area (Å²) in [5.74, 6) is 0. The largest absolute Gasteiger partial charge is 0.310 e. The van der Waals surface area contributed by atoms with Crippen molar-refractivity contribution in [2.24, 2.45) is 0 Å². The second kappa shape index (κ2) is 8.23. The highest BCUT2D eigenvalue weighted by atomic mass is 79.9. The molecule has 2 aromatic rings. The highest BCUT2D eigenvalue weighted by Gasteiger charge is 2.12. The molecule has 4 heteroatoms. The second-order valence-corrected chi connectivity index (χ2v) is 7.30. The van der Waals surface area contributed by atoms with E-state index in [0.29, 0.717) is 6.04 Å². The summed E-state index contributed by atoms with van der Waals surface area (Å²) >= 11 is 11.6. The highest BCUT2D eigenvalue weighted by Crippen LogP contribution is 2.38. The predicted molar refractivity (Wildman–Crippen MR) is 96.4 cm³/mol. The molecule has 0 saturated carbocycles. The Morgan fingerprint density at radius 1 is 1.19 bits per heavy atom. The minimum absolute atomic E-state index is 0.322. The maximum Gasteiger partial charge on any atom is 0.0545 e. The van der Waals surface area contributed by atoms with E-state index >= 15 is 0 Å². The summed E-state index contributed by atoms with van der Waals surface area (Å²) in [6, 6.07) is 14.7. The van der Waals surface area contributed by atoms with E-state index in [0.717, 1.165) is 27.4 Å². The average Bonchev–Trinajstić information content (AvgIpc) is 2.47. The van der Waals surface area contributed by atoms with Crippen molar-refractivity contribution in [2.45, 2.75) is 36.1 Å². The zero-order valence-corrected chi connectivity index (χ0v) is 15.4. The zero-order chi connectivity index (χ0) is 15.2. The Morgan fingerprint density at radius 2 is 1.95 bits per heavy atom. The molecule has 1 unspecified atom stereocenters. The van der Waals surface area contributed by atoms with Crippen molar-refractivity contribution in [3.05, 3.63) is 57.5 Å². The van der Waals surface area contributed by atoms with Crippen molar-refractivity contribution < 1.29 is 0 Å². The molecule has 0 saturated heterocycles. The van der Waals surface area contributed by atoms with E-state index in [1.54, 1.807) is 11.8 Å². The van der Waals surface area contributed by atoms with E-state index in [-0.39, 0.29) is 0 Å². The molecule has 0 aliphatic carbocycles. The number of hydrogen-bond donors (Lipinski definition) is 1. The maximum atomic E-state index is 6.28. The average molecular weight is 385 g/mol. The van der Waals surface area contributed by atoms with Crippen molar-refractivity contribution in [2.75, 3.05) is 6.54 Å². The summed E-state index contributed by atoms with van der Waals surface area (Å²) in [6.07, 6.45) is 1.13. The van der Waals surface area contributed by atoms with Gasteiger partial charge >= 0.3 is 0 Å². The van der Waals surface area contributed by atoms with Gasteiger partial charge in [-0.05, 0) is 49.7 Å². The van der Waals surface area contributed by atoms with Gasteiger partial charge in [-0.1, -0.05) is 64.4 Å². The summed E-state index contributed by atoms with van der Waals surface area (Å²) in [5, 5.41) is 4.34. The van der Waals surface area contributed by atoms with Crippen LogP contribution in [0, 0.1) is 0 Å². The normalized spacial score (nSPS) is 12.4. The molecule has 112 valence electrons. The smallest absolute Gasteiger partial charge is 0.0545 e. The quantitative estimate of drug-likeness (QED) is 0.626. The number of halogens is 2. The lowest BCUT2D eigenvalue weighted by molar-refractivity contribution is 0.563. The van der Waals surface area contributed by atoms with Gasteiger partial charge in [-0.2, -0.15) is 0 Å². The van der Waals surface area contributed by atoms with Crippen LogP contribution in [0.25, 0.3) is 0 Å². The lowest BCUT2D eigenvalue weighted by atomic mass is 10.1. The molecule has 0 fully saturated rings. The van der Waals surface area contributed by atoms with Crippen molar-refractivity contribution in [1.29, 1.82) is 0 Å².